The number of nitrogens with one attached hydrogen (secondary N) is 1. The van der Waals surface area contributed by atoms with Gasteiger partial charge in [0.15, 0.2) is 0 Å². The van der Waals surface area contributed by atoms with Crippen LogP contribution in [-0.4, -0.2) is 36.7 Å². The van der Waals surface area contributed by atoms with E-state index >= 15 is 0 Å². The molecule has 22 heavy (non-hydrogen) atoms. The fourth-order valence-corrected chi connectivity index (χ4v) is 2.61. The number of ether oxygens (including phenoxy) is 1. The molecule has 0 aromatic heterocycles. The van der Waals surface area contributed by atoms with Crippen molar-refractivity contribution in [3.8, 4) is 0 Å². The van der Waals surface area contributed by atoms with Crippen LogP contribution in [0.5, 0.6) is 0 Å². The van der Waals surface area contributed by atoms with Gasteiger partial charge in [-0.3, -0.25) is 9.59 Å². The SMILES string of the molecule is Cc1ccc(C(=O)NCC(C(=O)O)C2CCOCC2)cc1F. The number of carbonyl (C=O) groups is 2. The van der Waals surface area contributed by atoms with Gasteiger partial charge in [-0.25, -0.2) is 4.39 Å². The third-order valence-electron chi connectivity index (χ3n) is 4.07. The smallest absolute Gasteiger partial charge is 0.308 e. The molecule has 0 aliphatic carbocycles. The maximum Gasteiger partial charge on any atom is 0.308 e. The summed E-state index contributed by atoms with van der Waals surface area (Å²) in [4.78, 5) is 23.4. The van der Waals surface area contributed by atoms with Crippen LogP contribution in [-0.2, 0) is 9.53 Å². The first kappa shape index (κ1) is 16.4. The standard InChI is InChI=1S/C16H20FNO4/c1-10-2-3-12(8-14(10)17)15(19)18-9-13(16(20)21)11-4-6-22-7-5-11/h2-3,8,11,13H,4-7,9H2,1H3,(H,18,19)(H,20,21). The van der Waals surface area contributed by atoms with E-state index in [-0.39, 0.29) is 18.0 Å². The highest BCUT2D eigenvalue weighted by Crippen LogP contribution is 2.23. The number of hydrogen-bond donors (Lipinski definition) is 2. The van der Waals surface area contributed by atoms with Crippen LogP contribution < -0.4 is 5.32 Å². The van der Waals surface area contributed by atoms with E-state index in [4.69, 9.17) is 4.74 Å². The molecule has 1 aromatic carbocycles. The number of aryl methyl sites for hydroxylation is 1. The summed E-state index contributed by atoms with van der Waals surface area (Å²) in [6.07, 6.45) is 1.35. The molecule has 2 N–H and O–H groups in total. The number of benzene rings is 1. The van der Waals surface area contributed by atoms with Gasteiger partial charge >= 0.3 is 5.97 Å². The van der Waals surface area contributed by atoms with Crippen LogP contribution in [0.2, 0.25) is 0 Å². The Morgan fingerprint density at radius 2 is 2.09 bits per heavy atom. The van der Waals surface area contributed by atoms with Crippen LogP contribution in [0.3, 0.4) is 0 Å². The number of rotatable bonds is 5. The molecule has 1 aliphatic heterocycles. The van der Waals surface area contributed by atoms with Gasteiger partial charge in [0, 0.05) is 25.3 Å². The number of carbonyl (C=O) groups excluding carboxylic acids is 1. The summed E-state index contributed by atoms with van der Waals surface area (Å²) in [5.41, 5.74) is 0.654. The van der Waals surface area contributed by atoms with Crippen molar-refractivity contribution < 1.29 is 23.8 Å². The maximum atomic E-state index is 13.5. The Kier molecular flexibility index (Phi) is 5.49. The van der Waals surface area contributed by atoms with Crippen LogP contribution in [0.4, 0.5) is 4.39 Å². The average Bonchev–Trinajstić information content (AvgIpc) is 2.50. The van der Waals surface area contributed by atoms with Crippen LogP contribution in [0.25, 0.3) is 0 Å². The van der Waals surface area contributed by atoms with Crippen LogP contribution in [0, 0.1) is 24.6 Å². The van der Waals surface area contributed by atoms with Gasteiger partial charge in [0.25, 0.3) is 5.91 Å². The summed E-state index contributed by atoms with van der Waals surface area (Å²) in [5.74, 6) is -2.50. The fourth-order valence-electron chi connectivity index (χ4n) is 2.61. The molecule has 120 valence electrons. The first-order valence-corrected chi connectivity index (χ1v) is 7.34. The van der Waals surface area contributed by atoms with Crippen LogP contribution in [0.15, 0.2) is 18.2 Å². The van der Waals surface area contributed by atoms with Gasteiger partial charge in [0.1, 0.15) is 5.82 Å². The van der Waals surface area contributed by atoms with E-state index in [0.717, 1.165) is 6.07 Å². The Morgan fingerprint density at radius 1 is 1.41 bits per heavy atom. The molecule has 1 heterocycles. The highest BCUT2D eigenvalue weighted by molar-refractivity contribution is 5.94. The fraction of sp³-hybridized carbons (Fsp3) is 0.500. The Bertz CT molecular complexity index is 555. The van der Waals surface area contributed by atoms with E-state index in [1.165, 1.54) is 12.1 Å². The summed E-state index contributed by atoms with van der Waals surface area (Å²) in [6, 6.07) is 4.21. The number of carboxylic acids is 1. The highest BCUT2D eigenvalue weighted by atomic mass is 19.1. The molecule has 1 saturated heterocycles. The van der Waals surface area contributed by atoms with E-state index in [9.17, 15) is 19.1 Å². The van der Waals surface area contributed by atoms with Crippen molar-refractivity contribution in [1.82, 2.24) is 5.32 Å². The predicted molar refractivity (Wildman–Crippen MR) is 78.1 cm³/mol. The second-order valence-electron chi connectivity index (χ2n) is 5.57. The molecule has 5 nitrogen and oxygen atoms in total. The Hall–Kier alpha value is -1.95. The minimum atomic E-state index is -0.928. The third kappa shape index (κ3) is 4.04. The molecule has 1 fully saturated rings. The lowest BCUT2D eigenvalue weighted by Crippen LogP contribution is -2.39. The van der Waals surface area contributed by atoms with E-state index in [0.29, 0.717) is 31.6 Å². The Labute approximate surface area is 128 Å². The monoisotopic (exact) mass is 309 g/mol. The van der Waals surface area contributed by atoms with Gasteiger partial charge in [-0.1, -0.05) is 6.07 Å². The molecule has 0 bridgehead atoms. The molecule has 2 rings (SSSR count). The average molecular weight is 309 g/mol. The lowest BCUT2D eigenvalue weighted by Gasteiger charge is -2.27. The van der Waals surface area contributed by atoms with Crippen molar-refractivity contribution >= 4 is 11.9 Å². The first-order chi connectivity index (χ1) is 10.5. The number of aliphatic carboxylic acids is 1. The normalized spacial score (nSPS) is 17.0. The number of hydrogen-bond acceptors (Lipinski definition) is 3. The van der Waals surface area contributed by atoms with Crippen LogP contribution in [0.1, 0.15) is 28.8 Å². The van der Waals surface area contributed by atoms with Crippen molar-refractivity contribution in [1.29, 1.82) is 0 Å². The van der Waals surface area contributed by atoms with Crippen molar-refractivity contribution in [2.24, 2.45) is 11.8 Å². The minimum absolute atomic E-state index is 0.0127. The summed E-state index contributed by atoms with van der Waals surface area (Å²) >= 11 is 0. The van der Waals surface area contributed by atoms with Crippen LogP contribution >= 0.6 is 0 Å². The summed E-state index contributed by atoms with van der Waals surface area (Å²) in [6.45, 7) is 2.74. The van der Waals surface area contributed by atoms with E-state index in [2.05, 4.69) is 5.32 Å². The van der Waals surface area contributed by atoms with Crippen molar-refractivity contribution in [3.63, 3.8) is 0 Å². The molecule has 1 unspecified atom stereocenters. The molecule has 1 aliphatic rings. The molecule has 0 saturated carbocycles. The van der Waals surface area contributed by atoms with Gasteiger partial charge in [0.2, 0.25) is 0 Å². The Balaban J connectivity index is 1.97. The molecular weight excluding hydrogens is 289 g/mol. The molecular formula is C16H20FNO4. The van der Waals surface area contributed by atoms with Crippen molar-refractivity contribution in [2.45, 2.75) is 19.8 Å². The second kappa shape index (κ2) is 7.35. The van der Waals surface area contributed by atoms with Gasteiger partial charge in [-0.2, -0.15) is 0 Å². The van der Waals surface area contributed by atoms with Crippen molar-refractivity contribution in [3.05, 3.63) is 35.1 Å². The second-order valence-corrected chi connectivity index (χ2v) is 5.57. The number of halogens is 1. The first-order valence-electron chi connectivity index (χ1n) is 7.34. The minimum Gasteiger partial charge on any atom is -0.481 e. The number of carboxylic acid groups (broad SMARTS) is 1. The molecule has 1 aromatic rings. The molecule has 6 heteroatoms. The molecule has 0 radical (unpaired) electrons. The van der Waals surface area contributed by atoms with Gasteiger partial charge < -0.3 is 15.2 Å². The van der Waals surface area contributed by atoms with Crippen molar-refractivity contribution in [2.75, 3.05) is 19.8 Å². The third-order valence-corrected chi connectivity index (χ3v) is 4.07. The van der Waals surface area contributed by atoms with E-state index in [1.807, 2.05) is 0 Å². The lowest BCUT2D eigenvalue weighted by molar-refractivity contribution is -0.144. The van der Waals surface area contributed by atoms with E-state index < -0.39 is 23.6 Å². The quantitative estimate of drug-likeness (QED) is 0.872. The zero-order chi connectivity index (χ0) is 16.1. The van der Waals surface area contributed by atoms with E-state index in [1.54, 1.807) is 6.92 Å². The molecule has 1 atom stereocenters. The highest BCUT2D eigenvalue weighted by Gasteiger charge is 2.30. The Morgan fingerprint density at radius 3 is 2.68 bits per heavy atom. The summed E-state index contributed by atoms with van der Waals surface area (Å²) in [5, 5.41) is 11.9. The van der Waals surface area contributed by atoms with Gasteiger partial charge in [-0.05, 0) is 43.4 Å². The topological polar surface area (TPSA) is 75.6 Å². The molecule has 0 spiro atoms. The maximum absolute atomic E-state index is 13.5. The predicted octanol–water partition coefficient (Wildman–Crippen LogP) is 1.99. The summed E-state index contributed by atoms with van der Waals surface area (Å²) in [7, 11) is 0. The zero-order valence-electron chi connectivity index (χ0n) is 12.5. The van der Waals surface area contributed by atoms with Gasteiger partial charge in [-0.15, -0.1) is 0 Å². The molecule has 1 amide bonds. The number of amides is 1. The zero-order valence-corrected chi connectivity index (χ0v) is 12.5. The largest absolute Gasteiger partial charge is 0.481 e. The summed E-state index contributed by atoms with van der Waals surface area (Å²) < 4.78 is 18.7. The lowest BCUT2D eigenvalue weighted by atomic mass is 9.86. The van der Waals surface area contributed by atoms with Gasteiger partial charge in [0.05, 0.1) is 5.92 Å².